The Morgan fingerprint density at radius 1 is 1.23 bits per heavy atom. The topological polar surface area (TPSA) is 64.0 Å². The molecule has 0 radical (unpaired) electrons. The van der Waals surface area contributed by atoms with Crippen LogP contribution in [0.1, 0.15) is 24.4 Å². The number of aryl methyl sites for hydroxylation is 1. The second-order valence-electron chi connectivity index (χ2n) is 5.73. The molecule has 1 aromatic carbocycles. The van der Waals surface area contributed by atoms with Crippen molar-refractivity contribution in [1.82, 2.24) is 14.9 Å². The van der Waals surface area contributed by atoms with E-state index in [-0.39, 0.29) is 11.8 Å². The van der Waals surface area contributed by atoms with Crippen LogP contribution in [0.3, 0.4) is 0 Å². The zero-order valence-corrected chi connectivity index (χ0v) is 12.2. The van der Waals surface area contributed by atoms with Crippen LogP contribution >= 0.6 is 0 Å². The monoisotopic (exact) mass is 293 g/mol. The van der Waals surface area contributed by atoms with Gasteiger partial charge in [-0.25, -0.2) is 4.98 Å². The maximum Gasteiger partial charge on any atom is 0.249 e. The molecule has 22 heavy (non-hydrogen) atoms. The largest absolute Gasteiger partial charge is 0.313 e. The van der Waals surface area contributed by atoms with Crippen LogP contribution < -0.4 is 5.32 Å². The Balaban J connectivity index is 2.03. The fourth-order valence-electron chi connectivity index (χ4n) is 3.23. The molecule has 1 aliphatic heterocycles. The van der Waals surface area contributed by atoms with Gasteiger partial charge in [0.05, 0.1) is 5.52 Å². The van der Waals surface area contributed by atoms with E-state index >= 15 is 0 Å². The van der Waals surface area contributed by atoms with Crippen molar-refractivity contribution in [2.45, 2.75) is 25.8 Å². The Bertz CT molecular complexity index is 926. The van der Waals surface area contributed by atoms with Crippen molar-refractivity contribution >= 4 is 33.8 Å². The summed E-state index contributed by atoms with van der Waals surface area (Å²) in [5.41, 5.74) is 2.94. The number of nitrogens with one attached hydrogen (secondary N) is 1. The quantitative estimate of drug-likeness (QED) is 0.701. The SMILES string of the molecule is Cc1ccc2c(c1)c1cccnc1n2C1CCC(=O)NC1=O. The number of benzene rings is 1. The van der Waals surface area contributed by atoms with Crippen LogP contribution in [-0.4, -0.2) is 21.4 Å². The van der Waals surface area contributed by atoms with Crippen LogP contribution in [0.4, 0.5) is 0 Å². The Kier molecular flexibility index (Phi) is 2.76. The highest BCUT2D eigenvalue weighted by atomic mass is 16.2. The first kappa shape index (κ1) is 13.0. The van der Waals surface area contributed by atoms with Gasteiger partial charge < -0.3 is 4.57 Å². The molecule has 110 valence electrons. The molecular weight excluding hydrogens is 278 g/mol. The average Bonchev–Trinajstić information content (AvgIpc) is 2.82. The first-order valence-electron chi connectivity index (χ1n) is 7.34. The number of aromatic nitrogens is 2. The lowest BCUT2D eigenvalue weighted by atomic mass is 10.1. The molecule has 0 saturated carbocycles. The predicted octanol–water partition coefficient (Wildman–Crippen LogP) is 2.48. The van der Waals surface area contributed by atoms with Gasteiger partial charge in [0.25, 0.3) is 0 Å². The van der Waals surface area contributed by atoms with Crippen molar-refractivity contribution in [3.05, 3.63) is 42.1 Å². The highest BCUT2D eigenvalue weighted by Crippen LogP contribution is 2.33. The van der Waals surface area contributed by atoms with E-state index in [0.29, 0.717) is 12.8 Å². The maximum atomic E-state index is 12.3. The van der Waals surface area contributed by atoms with E-state index in [1.165, 1.54) is 5.56 Å². The van der Waals surface area contributed by atoms with Crippen LogP contribution in [0.25, 0.3) is 21.9 Å². The van der Waals surface area contributed by atoms with Gasteiger partial charge in [0.1, 0.15) is 11.7 Å². The first-order valence-corrected chi connectivity index (χ1v) is 7.34. The lowest BCUT2D eigenvalue weighted by molar-refractivity contribution is -0.135. The summed E-state index contributed by atoms with van der Waals surface area (Å²) in [7, 11) is 0. The summed E-state index contributed by atoms with van der Waals surface area (Å²) in [6, 6.07) is 9.70. The van der Waals surface area contributed by atoms with Gasteiger partial charge in [0.2, 0.25) is 11.8 Å². The smallest absolute Gasteiger partial charge is 0.249 e. The van der Waals surface area contributed by atoms with E-state index in [1.807, 2.05) is 35.8 Å². The van der Waals surface area contributed by atoms with Crippen molar-refractivity contribution in [1.29, 1.82) is 0 Å². The highest BCUT2D eigenvalue weighted by Gasteiger charge is 2.30. The minimum absolute atomic E-state index is 0.203. The van der Waals surface area contributed by atoms with E-state index in [4.69, 9.17) is 0 Å². The Hall–Kier alpha value is -2.69. The van der Waals surface area contributed by atoms with Crippen LogP contribution in [0.5, 0.6) is 0 Å². The molecule has 1 N–H and O–H groups in total. The minimum atomic E-state index is -0.393. The van der Waals surface area contributed by atoms with Gasteiger partial charge in [-0.05, 0) is 37.6 Å². The summed E-state index contributed by atoms with van der Waals surface area (Å²) in [5, 5.41) is 4.56. The third kappa shape index (κ3) is 1.82. The van der Waals surface area contributed by atoms with Gasteiger partial charge in [-0.15, -0.1) is 0 Å². The van der Waals surface area contributed by atoms with Crippen LogP contribution in [0.2, 0.25) is 0 Å². The maximum absolute atomic E-state index is 12.3. The van der Waals surface area contributed by atoms with Crippen molar-refractivity contribution in [3.8, 4) is 0 Å². The number of pyridine rings is 1. The lowest BCUT2D eigenvalue weighted by Crippen LogP contribution is -2.41. The number of nitrogens with zero attached hydrogens (tertiary/aromatic N) is 2. The van der Waals surface area contributed by atoms with E-state index < -0.39 is 6.04 Å². The molecule has 3 heterocycles. The van der Waals surface area contributed by atoms with Crippen LogP contribution in [-0.2, 0) is 9.59 Å². The van der Waals surface area contributed by atoms with Crippen LogP contribution in [0.15, 0.2) is 36.5 Å². The Labute approximate surface area is 126 Å². The Morgan fingerprint density at radius 2 is 2.09 bits per heavy atom. The molecule has 5 nitrogen and oxygen atoms in total. The summed E-state index contributed by atoms with van der Waals surface area (Å²) in [5.74, 6) is -0.452. The molecule has 5 heteroatoms. The molecule has 3 aromatic rings. The van der Waals surface area contributed by atoms with Crippen molar-refractivity contribution in [2.75, 3.05) is 0 Å². The third-order valence-corrected chi connectivity index (χ3v) is 4.24. The molecule has 1 fully saturated rings. The van der Waals surface area contributed by atoms with Crippen molar-refractivity contribution in [2.24, 2.45) is 0 Å². The van der Waals surface area contributed by atoms with Gasteiger partial charge in [0.15, 0.2) is 0 Å². The van der Waals surface area contributed by atoms with Gasteiger partial charge in [0, 0.05) is 23.4 Å². The molecule has 1 saturated heterocycles. The van der Waals surface area contributed by atoms with Gasteiger partial charge in [-0.3, -0.25) is 14.9 Å². The minimum Gasteiger partial charge on any atom is -0.313 e. The highest BCUT2D eigenvalue weighted by molar-refractivity contribution is 6.09. The van der Waals surface area contributed by atoms with E-state index in [9.17, 15) is 9.59 Å². The summed E-state index contributed by atoms with van der Waals surface area (Å²) in [6.07, 6.45) is 2.60. The number of piperidine rings is 1. The molecule has 1 atom stereocenters. The number of imide groups is 1. The fraction of sp³-hybridized carbons (Fsp3) is 0.235. The van der Waals surface area contributed by atoms with Crippen LogP contribution in [0, 0.1) is 6.92 Å². The molecule has 1 aliphatic rings. The number of carbonyl (C=O) groups excluding carboxylic acids is 2. The molecule has 0 bridgehead atoms. The molecule has 0 aliphatic carbocycles. The summed E-state index contributed by atoms with van der Waals surface area (Å²) in [6.45, 7) is 2.05. The fourth-order valence-corrected chi connectivity index (χ4v) is 3.23. The molecule has 0 spiro atoms. The molecule has 1 unspecified atom stereocenters. The normalized spacial score (nSPS) is 18.9. The van der Waals surface area contributed by atoms with Gasteiger partial charge in [-0.2, -0.15) is 0 Å². The first-order chi connectivity index (χ1) is 10.6. The lowest BCUT2D eigenvalue weighted by Gasteiger charge is -2.23. The third-order valence-electron chi connectivity index (χ3n) is 4.24. The van der Waals surface area contributed by atoms with E-state index in [1.54, 1.807) is 6.20 Å². The number of hydrogen-bond donors (Lipinski definition) is 1. The number of fused-ring (bicyclic) bond motifs is 3. The predicted molar refractivity (Wildman–Crippen MR) is 83.4 cm³/mol. The number of amides is 2. The summed E-state index contributed by atoms with van der Waals surface area (Å²) in [4.78, 5) is 28.2. The molecule has 2 amide bonds. The van der Waals surface area contributed by atoms with Gasteiger partial charge >= 0.3 is 0 Å². The second kappa shape index (κ2) is 4.66. The number of carbonyl (C=O) groups is 2. The second-order valence-corrected chi connectivity index (χ2v) is 5.73. The average molecular weight is 293 g/mol. The van der Waals surface area contributed by atoms with E-state index in [0.717, 1.165) is 21.9 Å². The zero-order valence-electron chi connectivity index (χ0n) is 12.2. The van der Waals surface area contributed by atoms with E-state index in [2.05, 4.69) is 16.4 Å². The zero-order chi connectivity index (χ0) is 15.3. The van der Waals surface area contributed by atoms with Crippen molar-refractivity contribution < 1.29 is 9.59 Å². The van der Waals surface area contributed by atoms with Gasteiger partial charge in [-0.1, -0.05) is 11.6 Å². The molecular formula is C17H15N3O2. The van der Waals surface area contributed by atoms with Crippen molar-refractivity contribution in [3.63, 3.8) is 0 Å². The molecule has 4 rings (SSSR count). The standard InChI is InChI=1S/C17H15N3O2/c1-10-4-5-13-12(9-10)11-3-2-8-18-16(11)20(13)14-6-7-15(21)19-17(14)22/h2-5,8-9,14H,6-7H2,1H3,(H,19,21,22). The Morgan fingerprint density at radius 3 is 2.91 bits per heavy atom. The number of rotatable bonds is 1. The summed E-state index contributed by atoms with van der Waals surface area (Å²) < 4.78 is 1.96. The number of hydrogen-bond acceptors (Lipinski definition) is 3. The molecule has 2 aromatic heterocycles. The summed E-state index contributed by atoms with van der Waals surface area (Å²) >= 11 is 0.